The van der Waals surface area contributed by atoms with Crippen LogP contribution in [0.3, 0.4) is 0 Å². The number of aryl methyl sites for hydroxylation is 2. The first kappa shape index (κ1) is 25.5. The predicted molar refractivity (Wildman–Crippen MR) is 138 cm³/mol. The van der Waals surface area contributed by atoms with E-state index in [2.05, 4.69) is 0 Å². The molecule has 9 nitrogen and oxygen atoms in total. The summed E-state index contributed by atoms with van der Waals surface area (Å²) >= 11 is 0. The van der Waals surface area contributed by atoms with Crippen LogP contribution in [0.1, 0.15) is 28.0 Å². The van der Waals surface area contributed by atoms with Crippen molar-refractivity contribution < 1.29 is 21.6 Å². The van der Waals surface area contributed by atoms with Gasteiger partial charge in [-0.05, 0) is 56.2 Å². The van der Waals surface area contributed by atoms with Crippen LogP contribution in [0.5, 0.6) is 0 Å². The molecule has 1 saturated heterocycles. The smallest absolute Gasteiger partial charge is 0.268 e. The van der Waals surface area contributed by atoms with Crippen molar-refractivity contribution in [3.05, 3.63) is 71.1 Å². The molecule has 0 amide bonds. The summed E-state index contributed by atoms with van der Waals surface area (Å²) in [5.41, 5.74) is 1.57. The zero-order chi connectivity index (χ0) is 26.4. The number of benzene rings is 2. The topological polar surface area (TPSA) is 121 Å². The lowest BCUT2D eigenvalue weighted by Crippen LogP contribution is -2.26. The second-order valence-electron chi connectivity index (χ2n) is 9.00. The van der Waals surface area contributed by atoms with Crippen LogP contribution in [0.2, 0.25) is 0 Å². The normalized spacial score (nSPS) is 15.8. The summed E-state index contributed by atoms with van der Waals surface area (Å²) in [6.07, 6.45) is 1.80. The van der Waals surface area contributed by atoms with Crippen LogP contribution in [0.15, 0.2) is 59.1 Å². The fourth-order valence-corrected chi connectivity index (χ4v) is 7.40. The first-order valence-corrected chi connectivity index (χ1v) is 14.2. The van der Waals surface area contributed by atoms with Crippen molar-refractivity contribution in [2.45, 2.75) is 25.2 Å². The predicted octanol–water partition coefficient (Wildman–Crippen LogP) is 3.19. The number of aromatic nitrogens is 1. The average Bonchev–Trinajstić information content (AvgIpc) is 3.35. The minimum absolute atomic E-state index is 0.0117. The summed E-state index contributed by atoms with van der Waals surface area (Å²) in [6.45, 7) is 3.85. The van der Waals surface area contributed by atoms with Gasteiger partial charge in [0.05, 0.1) is 21.9 Å². The third-order valence-corrected chi connectivity index (χ3v) is 9.58. The van der Waals surface area contributed by atoms with Crippen LogP contribution in [-0.2, 0) is 20.0 Å². The van der Waals surface area contributed by atoms with Gasteiger partial charge in [-0.1, -0.05) is 17.7 Å². The zero-order valence-electron chi connectivity index (χ0n) is 20.4. The lowest BCUT2D eigenvalue weighted by molar-refractivity contribution is 0.103. The molecule has 2 aromatic carbocycles. The third kappa shape index (κ3) is 4.38. The molecule has 1 aromatic heterocycles. The van der Waals surface area contributed by atoms with E-state index < -0.39 is 25.8 Å². The number of fused-ring (bicyclic) bond motifs is 1. The van der Waals surface area contributed by atoms with Gasteiger partial charge in [0, 0.05) is 32.2 Å². The summed E-state index contributed by atoms with van der Waals surface area (Å²) in [5, 5.41) is 10.1. The number of nitriles is 1. The average molecular weight is 527 g/mol. The molecule has 188 valence electrons. The summed E-state index contributed by atoms with van der Waals surface area (Å²) in [5.74, 6) is -0.747. The Morgan fingerprint density at radius 3 is 2.33 bits per heavy atom. The van der Waals surface area contributed by atoms with Gasteiger partial charge in [0.2, 0.25) is 15.8 Å². The molecule has 0 aliphatic carbocycles. The number of allylic oxidation sites excluding steroid dienone is 1. The Labute approximate surface area is 211 Å². The lowest BCUT2D eigenvalue weighted by atomic mass is 10.1. The molecule has 0 atom stereocenters. The highest BCUT2D eigenvalue weighted by molar-refractivity contribution is 7.93. The van der Waals surface area contributed by atoms with Crippen molar-refractivity contribution in [3.63, 3.8) is 0 Å². The molecule has 3 aromatic rings. The minimum atomic E-state index is -4.29. The highest BCUT2D eigenvalue weighted by Crippen LogP contribution is 2.35. The quantitative estimate of drug-likeness (QED) is 0.275. The van der Waals surface area contributed by atoms with Crippen molar-refractivity contribution in [2.75, 3.05) is 30.7 Å². The fraction of sp³-hybridized carbons (Fsp3) is 0.280. The van der Waals surface area contributed by atoms with E-state index in [4.69, 9.17) is 0 Å². The van der Waals surface area contributed by atoms with E-state index in [0.717, 1.165) is 9.54 Å². The van der Waals surface area contributed by atoms with Gasteiger partial charge in [0.15, 0.2) is 0 Å². The van der Waals surface area contributed by atoms with Gasteiger partial charge in [-0.15, -0.1) is 0 Å². The van der Waals surface area contributed by atoms with Crippen molar-refractivity contribution in [3.8, 4) is 6.07 Å². The van der Waals surface area contributed by atoms with Crippen LogP contribution >= 0.6 is 0 Å². The van der Waals surface area contributed by atoms with E-state index in [9.17, 15) is 26.9 Å². The highest BCUT2D eigenvalue weighted by Gasteiger charge is 2.32. The first-order valence-electron chi connectivity index (χ1n) is 11.2. The van der Waals surface area contributed by atoms with Gasteiger partial charge in [-0.3, -0.25) is 9.10 Å². The molecule has 0 saturated carbocycles. The molecule has 1 aliphatic heterocycles. The molecule has 1 fully saturated rings. The molecule has 0 radical (unpaired) electrons. The molecule has 36 heavy (non-hydrogen) atoms. The number of anilines is 1. The van der Waals surface area contributed by atoms with Crippen LogP contribution in [0.25, 0.3) is 10.9 Å². The van der Waals surface area contributed by atoms with E-state index >= 15 is 0 Å². The Bertz CT molecular complexity index is 1660. The second kappa shape index (κ2) is 9.11. The van der Waals surface area contributed by atoms with Gasteiger partial charge in [-0.25, -0.2) is 20.8 Å². The van der Waals surface area contributed by atoms with Crippen molar-refractivity contribution in [2.24, 2.45) is 0 Å². The molecule has 1 aliphatic rings. The lowest BCUT2D eigenvalue weighted by Gasteiger charge is -2.20. The van der Waals surface area contributed by atoms with Gasteiger partial charge < -0.3 is 4.90 Å². The SMILES string of the molecule is Cc1ccc(S(=O)(=O)n2c(C(=O)/C(C#N)=C/N(C)C)cc3cc(C)c(N4CCCS4(=O)=O)cc32)cc1. The third-order valence-electron chi connectivity index (χ3n) is 5.99. The molecule has 4 rings (SSSR count). The summed E-state index contributed by atoms with van der Waals surface area (Å²) in [6, 6.07) is 12.7. The monoisotopic (exact) mass is 526 g/mol. The van der Waals surface area contributed by atoms with Gasteiger partial charge in [-0.2, -0.15) is 5.26 Å². The van der Waals surface area contributed by atoms with Crippen molar-refractivity contribution in [1.82, 2.24) is 8.87 Å². The van der Waals surface area contributed by atoms with Crippen LogP contribution in [0.4, 0.5) is 5.69 Å². The Hall–Kier alpha value is -3.62. The Kier molecular flexibility index (Phi) is 6.45. The van der Waals surface area contributed by atoms with Crippen molar-refractivity contribution >= 4 is 42.4 Å². The molecular weight excluding hydrogens is 500 g/mol. The fourth-order valence-electron chi connectivity index (χ4n) is 4.28. The summed E-state index contributed by atoms with van der Waals surface area (Å²) < 4.78 is 55.2. The Morgan fingerprint density at radius 1 is 1.11 bits per heavy atom. The maximum atomic E-state index is 13.9. The summed E-state index contributed by atoms with van der Waals surface area (Å²) in [7, 11) is -4.52. The van der Waals surface area contributed by atoms with E-state index in [1.54, 1.807) is 39.2 Å². The maximum Gasteiger partial charge on any atom is 0.268 e. The number of sulfonamides is 1. The van der Waals surface area contributed by atoms with Crippen LogP contribution < -0.4 is 4.31 Å². The van der Waals surface area contributed by atoms with Crippen molar-refractivity contribution in [1.29, 1.82) is 5.26 Å². The number of nitrogens with zero attached hydrogens (tertiary/aromatic N) is 4. The van der Waals surface area contributed by atoms with E-state index in [0.29, 0.717) is 23.1 Å². The minimum Gasteiger partial charge on any atom is -0.382 e. The number of carbonyl (C=O) groups excluding carboxylic acids is 1. The van der Waals surface area contributed by atoms with Gasteiger partial charge >= 0.3 is 0 Å². The van der Waals surface area contributed by atoms with E-state index in [1.807, 2.05) is 13.0 Å². The van der Waals surface area contributed by atoms with E-state index in [-0.39, 0.29) is 34.0 Å². The van der Waals surface area contributed by atoms with E-state index in [1.165, 1.54) is 39.7 Å². The van der Waals surface area contributed by atoms with Crippen LogP contribution in [0, 0.1) is 25.2 Å². The standard InChI is InChI=1S/C25H26N4O5S2/c1-17-6-8-21(9-7-17)36(33,34)29-23-14-22(28-10-5-11-35(28,31)32)18(2)12-19(23)13-24(29)25(30)20(15-26)16-27(3)4/h6-9,12-14,16H,5,10-11H2,1-4H3/b20-16+. The Balaban J connectivity index is 2.06. The summed E-state index contributed by atoms with van der Waals surface area (Å²) in [4.78, 5) is 14.9. The zero-order valence-corrected chi connectivity index (χ0v) is 22.0. The number of hydrogen-bond donors (Lipinski definition) is 0. The maximum absolute atomic E-state index is 13.9. The molecular formula is C25H26N4O5S2. The number of hydrogen-bond acceptors (Lipinski definition) is 7. The highest BCUT2D eigenvalue weighted by atomic mass is 32.2. The number of carbonyl (C=O) groups is 1. The molecule has 11 heteroatoms. The van der Waals surface area contributed by atoms with Gasteiger partial charge in [0.25, 0.3) is 10.0 Å². The molecule has 0 bridgehead atoms. The first-order chi connectivity index (χ1) is 16.9. The molecule has 0 N–H and O–H groups in total. The largest absolute Gasteiger partial charge is 0.382 e. The van der Waals surface area contributed by atoms with Crippen LogP contribution in [-0.4, -0.2) is 57.9 Å². The molecule has 0 spiro atoms. The number of rotatable bonds is 6. The molecule has 2 heterocycles. The second-order valence-corrected chi connectivity index (χ2v) is 12.8. The molecule has 0 unspecified atom stereocenters. The number of ketones is 1. The number of Topliss-reactive ketones (excluding diaryl/α,β-unsaturated/α-hetero) is 1. The Morgan fingerprint density at radius 2 is 1.78 bits per heavy atom. The van der Waals surface area contributed by atoms with Gasteiger partial charge in [0.1, 0.15) is 17.3 Å².